The van der Waals surface area contributed by atoms with Gasteiger partial charge in [0.1, 0.15) is 0 Å². The van der Waals surface area contributed by atoms with Crippen molar-refractivity contribution in [2.24, 2.45) is 0 Å². The van der Waals surface area contributed by atoms with Gasteiger partial charge >= 0.3 is 0 Å². The highest BCUT2D eigenvalue weighted by Gasteiger charge is 2.35. The van der Waals surface area contributed by atoms with Crippen LogP contribution in [0.1, 0.15) is 22.5 Å². The molecule has 0 unspecified atom stereocenters. The van der Waals surface area contributed by atoms with Gasteiger partial charge in [-0.15, -0.1) is 0 Å². The SMILES string of the molecule is O=C(c1nn(Cc2ccccc2)c(=O)c2ccccc12)N1CCN([C@H]2CCS(=O)(=O)C2)CC1. The topological polar surface area (TPSA) is 92.6 Å². The molecule has 172 valence electrons. The van der Waals surface area contributed by atoms with Crippen LogP contribution in [-0.4, -0.2) is 77.6 Å². The molecule has 3 aromatic rings. The van der Waals surface area contributed by atoms with Crippen LogP contribution in [0.2, 0.25) is 0 Å². The molecule has 3 heterocycles. The Morgan fingerprint density at radius 1 is 0.939 bits per heavy atom. The first kappa shape index (κ1) is 21.8. The summed E-state index contributed by atoms with van der Waals surface area (Å²) >= 11 is 0. The highest BCUT2D eigenvalue weighted by molar-refractivity contribution is 7.91. The first-order valence-corrected chi connectivity index (χ1v) is 13.0. The number of hydrogen-bond acceptors (Lipinski definition) is 6. The van der Waals surface area contributed by atoms with Crippen molar-refractivity contribution in [3.8, 4) is 0 Å². The van der Waals surface area contributed by atoms with Crippen molar-refractivity contribution in [2.45, 2.75) is 19.0 Å². The van der Waals surface area contributed by atoms with E-state index in [4.69, 9.17) is 0 Å². The van der Waals surface area contributed by atoms with E-state index in [1.807, 2.05) is 30.3 Å². The molecule has 0 N–H and O–H groups in total. The molecule has 5 rings (SSSR count). The van der Waals surface area contributed by atoms with Crippen molar-refractivity contribution in [3.05, 3.63) is 76.2 Å². The Kier molecular flexibility index (Phi) is 5.76. The maximum atomic E-state index is 13.5. The van der Waals surface area contributed by atoms with Gasteiger partial charge in [0.15, 0.2) is 15.5 Å². The Hall–Kier alpha value is -3.04. The molecule has 0 saturated carbocycles. The molecule has 2 fully saturated rings. The zero-order valence-corrected chi connectivity index (χ0v) is 19.1. The zero-order chi connectivity index (χ0) is 23.0. The van der Waals surface area contributed by atoms with Gasteiger partial charge in [0.05, 0.1) is 23.4 Å². The predicted molar refractivity (Wildman–Crippen MR) is 126 cm³/mol. The van der Waals surface area contributed by atoms with Gasteiger partial charge in [-0.3, -0.25) is 14.5 Å². The maximum Gasteiger partial charge on any atom is 0.275 e. The predicted octanol–water partition coefficient (Wildman–Crippen LogP) is 1.39. The lowest BCUT2D eigenvalue weighted by Gasteiger charge is -2.37. The number of carbonyl (C=O) groups is 1. The van der Waals surface area contributed by atoms with Crippen molar-refractivity contribution in [2.75, 3.05) is 37.7 Å². The highest BCUT2D eigenvalue weighted by Crippen LogP contribution is 2.21. The standard InChI is InChI=1S/C24H26N4O4S/c29-23-21-9-5-4-8-20(21)22(25-28(23)16-18-6-2-1-3-7-18)24(30)27-13-11-26(12-14-27)19-10-15-33(31,32)17-19/h1-9,19H,10-17H2/t19-/m0/s1. The average Bonchev–Trinajstić information content (AvgIpc) is 3.21. The number of carbonyl (C=O) groups excluding carboxylic acids is 1. The van der Waals surface area contributed by atoms with E-state index in [-0.39, 0.29) is 41.3 Å². The number of sulfone groups is 1. The van der Waals surface area contributed by atoms with Crippen LogP contribution >= 0.6 is 0 Å². The molecular formula is C24H26N4O4S. The minimum atomic E-state index is -2.94. The largest absolute Gasteiger partial charge is 0.335 e. The highest BCUT2D eigenvalue weighted by atomic mass is 32.2. The Morgan fingerprint density at radius 3 is 2.27 bits per heavy atom. The quantitative estimate of drug-likeness (QED) is 0.577. The first-order chi connectivity index (χ1) is 15.9. The Bertz CT molecular complexity index is 1350. The monoisotopic (exact) mass is 466 g/mol. The van der Waals surface area contributed by atoms with Crippen LogP contribution in [0.25, 0.3) is 10.8 Å². The molecule has 8 nitrogen and oxygen atoms in total. The van der Waals surface area contributed by atoms with Gasteiger partial charge < -0.3 is 4.90 Å². The van der Waals surface area contributed by atoms with Gasteiger partial charge in [0.25, 0.3) is 11.5 Å². The second-order valence-electron chi connectivity index (χ2n) is 8.73. The Morgan fingerprint density at radius 2 is 1.61 bits per heavy atom. The number of benzene rings is 2. The van der Waals surface area contributed by atoms with Crippen molar-refractivity contribution >= 4 is 26.5 Å². The van der Waals surface area contributed by atoms with Crippen LogP contribution in [0, 0.1) is 0 Å². The third-order valence-electron chi connectivity index (χ3n) is 6.57. The number of hydrogen-bond donors (Lipinski definition) is 0. The van der Waals surface area contributed by atoms with Crippen LogP contribution in [-0.2, 0) is 16.4 Å². The summed E-state index contributed by atoms with van der Waals surface area (Å²) in [5, 5.41) is 5.54. The summed E-state index contributed by atoms with van der Waals surface area (Å²) < 4.78 is 25.0. The summed E-state index contributed by atoms with van der Waals surface area (Å²) in [4.78, 5) is 30.5. The molecule has 1 aromatic heterocycles. The first-order valence-electron chi connectivity index (χ1n) is 11.2. The lowest BCUT2D eigenvalue weighted by atomic mass is 10.1. The summed E-state index contributed by atoms with van der Waals surface area (Å²) in [5.74, 6) is 0.250. The minimum absolute atomic E-state index is 0.0407. The van der Waals surface area contributed by atoms with Gasteiger partial charge in [0, 0.05) is 37.6 Å². The van der Waals surface area contributed by atoms with E-state index in [0.717, 1.165) is 5.56 Å². The van der Waals surface area contributed by atoms with E-state index in [0.29, 0.717) is 43.4 Å². The summed E-state index contributed by atoms with van der Waals surface area (Å²) in [7, 11) is -2.94. The number of aromatic nitrogens is 2. The fraction of sp³-hybridized carbons (Fsp3) is 0.375. The summed E-state index contributed by atoms with van der Waals surface area (Å²) in [6.07, 6.45) is 0.660. The van der Waals surface area contributed by atoms with Crippen LogP contribution in [0.5, 0.6) is 0 Å². The summed E-state index contributed by atoms with van der Waals surface area (Å²) in [6.45, 7) is 2.56. The van der Waals surface area contributed by atoms with E-state index in [1.54, 1.807) is 29.2 Å². The van der Waals surface area contributed by atoms with Crippen molar-refractivity contribution in [1.29, 1.82) is 0 Å². The molecule has 2 aliphatic heterocycles. The van der Waals surface area contributed by atoms with Crippen LogP contribution in [0.4, 0.5) is 0 Å². The maximum absolute atomic E-state index is 13.5. The van der Waals surface area contributed by atoms with Crippen molar-refractivity contribution in [3.63, 3.8) is 0 Å². The molecule has 9 heteroatoms. The van der Waals surface area contributed by atoms with Gasteiger partial charge in [-0.1, -0.05) is 48.5 Å². The zero-order valence-electron chi connectivity index (χ0n) is 18.3. The third kappa shape index (κ3) is 4.43. The van der Waals surface area contributed by atoms with Gasteiger partial charge in [0.2, 0.25) is 0 Å². The molecule has 0 spiro atoms. The average molecular weight is 467 g/mol. The minimum Gasteiger partial charge on any atom is -0.335 e. The van der Waals surface area contributed by atoms with Gasteiger partial charge in [-0.25, -0.2) is 13.1 Å². The molecule has 2 aliphatic rings. The van der Waals surface area contributed by atoms with E-state index in [2.05, 4.69) is 10.00 Å². The molecule has 1 atom stereocenters. The Labute approximate surface area is 192 Å². The summed E-state index contributed by atoms with van der Waals surface area (Å²) in [6, 6.07) is 16.7. The van der Waals surface area contributed by atoms with E-state index in [9.17, 15) is 18.0 Å². The van der Waals surface area contributed by atoms with E-state index < -0.39 is 9.84 Å². The second kappa shape index (κ2) is 8.72. The number of rotatable bonds is 4. The number of fused-ring (bicyclic) bond motifs is 1. The molecule has 2 saturated heterocycles. The molecule has 1 amide bonds. The fourth-order valence-electron chi connectivity index (χ4n) is 4.76. The second-order valence-corrected chi connectivity index (χ2v) is 11.0. The van der Waals surface area contributed by atoms with Crippen molar-refractivity contribution < 1.29 is 13.2 Å². The van der Waals surface area contributed by atoms with Gasteiger partial charge in [-0.2, -0.15) is 5.10 Å². The number of amides is 1. The molecule has 0 bridgehead atoms. The van der Waals surface area contributed by atoms with Crippen LogP contribution in [0.15, 0.2) is 59.4 Å². The molecule has 33 heavy (non-hydrogen) atoms. The van der Waals surface area contributed by atoms with Crippen LogP contribution < -0.4 is 5.56 Å². The molecule has 0 radical (unpaired) electrons. The Balaban J connectivity index is 1.40. The summed E-state index contributed by atoms with van der Waals surface area (Å²) in [5.41, 5.74) is 0.984. The smallest absolute Gasteiger partial charge is 0.275 e. The fourth-order valence-corrected chi connectivity index (χ4v) is 6.52. The van der Waals surface area contributed by atoms with Gasteiger partial charge in [-0.05, 0) is 18.1 Å². The molecular weight excluding hydrogens is 440 g/mol. The van der Waals surface area contributed by atoms with E-state index in [1.165, 1.54) is 4.68 Å². The number of piperazine rings is 1. The molecule has 0 aliphatic carbocycles. The molecule has 2 aromatic carbocycles. The van der Waals surface area contributed by atoms with Crippen molar-refractivity contribution in [1.82, 2.24) is 19.6 Å². The normalized spacial score (nSPS) is 20.8. The third-order valence-corrected chi connectivity index (χ3v) is 8.32. The number of nitrogens with zero attached hydrogens (tertiary/aromatic N) is 4. The lowest BCUT2D eigenvalue weighted by molar-refractivity contribution is 0.0582. The van der Waals surface area contributed by atoms with Crippen LogP contribution in [0.3, 0.4) is 0 Å². The van der Waals surface area contributed by atoms with E-state index >= 15 is 0 Å². The lowest BCUT2D eigenvalue weighted by Crippen LogP contribution is -2.52.